The molecule has 0 saturated heterocycles. The van der Waals surface area contributed by atoms with Crippen molar-refractivity contribution in [1.29, 1.82) is 0 Å². The first kappa shape index (κ1) is 62.3. The van der Waals surface area contributed by atoms with Gasteiger partial charge in [0.2, 0.25) is 0 Å². The van der Waals surface area contributed by atoms with E-state index in [9.17, 15) is 14.4 Å². The van der Waals surface area contributed by atoms with E-state index in [1.54, 1.807) is 0 Å². The molecule has 0 aliphatic carbocycles. The minimum atomic E-state index is -0.835. The van der Waals surface area contributed by atoms with Crippen molar-refractivity contribution < 1.29 is 28.6 Å². The third kappa shape index (κ3) is 52.1. The highest BCUT2D eigenvalue weighted by Crippen LogP contribution is 2.11. The first-order chi connectivity index (χ1) is 33.0. The normalized spacial score (nSPS) is 13.3. The SMILES string of the molecule is CC/C=C\C/C=C\C/C=C\C/C=C\C/C=C\C/C=C\CCC(=O)OC[C@@H](COC(=O)CCCCCCC/C=C\CCCC)OC(=O)CCCCC/C=C\C/C=C\C/C=C\C/C=C\C/C=C\CC. The molecule has 0 aromatic heterocycles. The summed E-state index contributed by atoms with van der Waals surface area (Å²) in [6.07, 6.45) is 77.0. The van der Waals surface area contributed by atoms with Gasteiger partial charge in [0.25, 0.3) is 0 Å². The molecule has 0 aliphatic heterocycles. The van der Waals surface area contributed by atoms with Gasteiger partial charge in [0, 0.05) is 19.3 Å². The average molecular weight is 923 g/mol. The Balaban J connectivity index is 4.58. The molecule has 6 nitrogen and oxygen atoms in total. The van der Waals surface area contributed by atoms with E-state index in [0.717, 1.165) is 122 Å². The van der Waals surface area contributed by atoms with E-state index in [0.29, 0.717) is 19.3 Å². The summed E-state index contributed by atoms with van der Waals surface area (Å²) < 4.78 is 16.7. The lowest BCUT2D eigenvalue weighted by atomic mass is 10.1. The number of ether oxygens (including phenoxy) is 3. The second-order valence-electron chi connectivity index (χ2n) is 16.7. The van der Waals surface area contributed by atoms with Gasteiger partial charge in [0.1, 0.15) is 13.2 Å². The van der Waals surface area contributed by atoms with Gasteiger partial charge in [0.05, 0.1) is 0 Å². The smallest absolute Gasteiger partial charge is 0.306 e. The Morgan fingerprint density at radius 2 is 0.612 bits per heavy atom. The maximum absolute atomic E-state index is 12.8. The van der Waals surface area contributed by atoms with Crippen LogP contribution in [0, 0.1) is 0 Å². The molecule has 1 atom stereocenters. The Kier molecular flexibility index (Phi) is 50.1. The topological polar surface area (TPSA) is 78.9 Å². The third-order valence-electron chi connectivity index (χ3n) is 10.3. The van der Waals surface area contributed by atoms with E-state index in [2.05, 4.69) is 154 Å². The zero-order valence-electron chi connectivity index (χ0n) is 42.6. The van der Waals surface area contributed by atoms with Crippen LogP contribution < -0.4 is 0 Å². The number of hydrogen-bond acceptors (Lipinski definition) is 6. The number of esters is 3. The Hall–Kier alpha value is -4.71. The van der Waals surface area contributed by atoms with E-state index >= 15 is 0 Å². The minimum absolute atomic E-state index is 0.126. The average Bonchev–Trinajstić information content (AvgIpc) is 3.33. The molecule has 0 rings (SSSR count). The van der Waals surface area contributed by atoms with Crippen LogP contribution in [-0.4, -0.2) is 37.2 Å². The summed E-state index contributed by atoms with van der Waals surface area (Å²) in [6, 6.07) is 0. The van der Waals surface area contributed by atoms with Gasteiger partial charge in [-0.05, 0) is 122 Å². The number of allylic oxidation sites excluding steroid dienone is 24. The molecule has 67 heavy (non-hydrogen) atoms. The summed E-state index contributed by atoms with van der Waals surface area (Å²) in [5, 5.41) is 0. The molecule has 0 spiro atoms. The van der Waals surface area contributed by atoms with Gasteiger partial charge in [-0.2, -0.15) is 0 Å². The molecular formula is C61H94O6. The fourth-order valence-corrected chi connectivity index (χ4v) is 6.41. The number of unbranched alkanes of at least 4 members (excludes halogenated alkanes) is 10. The highest BCUT2D eigenvalue weighted by molar-refractivity contribution is 5.71. The minimum Gasteiger partial charge on any atom is -0.462 e. The molecule has 0 heterocycles. The van der Waals surface area contributed by atoms with Crippen molar-refractivity contribution in [2.24, 2.45) is 0 Å². The zero-order chi connectivity index (χ0) is 48.6. The second-order valence-corrected chi connectivity index (χ2v) is 16.7. The van der Waals surface area contributed by atoms with Crippen LogP contribution in [0.25, 0.3) is 0 Å². The molecule has 0 bridgehead atoms. The van der Waals surface area contributed by atoms with E-state index in [1.807, 2.05) is 12.2 Å². The summed E-state index contributed by atoms with van der Waals surface area (Å²) in [4.78, 5) is 38.0. The Morgan fingerprint density at radius 1 is 0.313 bits per heavy atom. The van der Waals surface area contributed by atoms with Gasteiger partial charge in [-0.15, -0.1) is 0 Å². The monoisotopic (exact) mass is 923 g/mol. The molecule has 0 radical (unpaired) electrons. The van der Waals surface area contributed by atoms with Gasteiger partial charge in [-0.1, -0.05) is 205 Å². The summed E-state index contributed by atoms with van der Waals surface area (Å²) in [6.45, 7) is 6.24. The molecule has 374 valence electrons. The van der Waals surface area contributed by atoms with Crippen molar-refractivity contribution in [3.05, 3.63) is 146 Å². The Morgan fingerprint density at radius 3 is 1.03 bits per heavy atom. The number of carbonyl (C=O) groups excluding carboxylic acids is 3. The van der Waals surface area contributed by atoms with Crippen LogP contribution in [-0.2, 0) is 28.6 Å². The molecule has 0 unspecified atom stereocenters. The molecular weight excluding hydrogens is 829 g/mol. The highest BCUT2D eigenvalue weighted by atomic mass is 16.6. The molecule has 0 saturated carbocycles. The maximum Gasteiger partial charge on any atom is 0.306 e. The van der Waals surface area contributed by atoms with E-state index in [-0.39, 0.29) is 44.0 Å². The van der Waals surface area contributed by atoms with Crippen LogP contribution in [0.4, 0.5) is 0 Å². The van der Waals surface area contributed by atoms with E-state index in [1.165, 1.54) is 25.7 Å². The summed E-state index contributed by atoms with van der Waals surface area (Å²) >= 11 is 0. The Bertz CT molecular complexity index is 1530. The van der Waals surface area contributed by atoms with Crippen molar-refractivity contribution in [2.75, 3.05) is 13.2 Å². The van der Waals surface area contributed by atoms with Crippen LogP contribution in [0.1, 0.15) is 201 Å². The van der Waals surface area contributed by atoms with Crippen molar-refractivity contribution in [3.63, 3.8) is 0 Å². The predicted octanol–water partition coefficient (Wildman–Crippen LogP) is 17.6. The van der Waals surface area contributed by atoms with Crippen LogP contribution in [0.15, 0.2) is 146 Å². The van der Waals surface area contributed by atoms with Crippen molar-refractivity contribution >= 4 is 17.9 Å². The third-order valence-corrected chi connectivity index (χ3v) is 10.3. The first-order valence-electron chi connectivity index (χ1n) is 26.3. The van der Waals surface area contributed by atoms with Gasteiger partial charge >= 0.3 is 17.9 Å². The first-order valence-corrected chi connectivity index (χ1v) is 26.3. The van der Waals surface area contributed by atoms with Crippen LogP contribution in [0.2, 0.25) is 0 Å². The quantitative estimate of drug-likeness (QED) is 0.0262. The van der Waals surface area contributed by atoms with E-state index < -0.39 is 6.10 Å². The molecule has 0 N–H and O–H groups in total. The van der Waals surface area contributed by atoms with Gasteiger partial charge in [0.15, 0.2) is 6.10 Å². The van der Waals surface area contributed by atoms with Crippen molar-refractivity contribution in [1.82, 2.24) is 0 Å². The molecule has 0 amide bonds. The maximum atomic E-state index is 12.8. The second kappa shape index (κ2) is 53.9. The van der Waals surface area contributed by atoms with Crippen molar-refractivity contribution in [2.45, 2.75) is 207 Å². The predicted molar refractivity (Wildman–Crippen MR) is 288 cm³/mol. The standard InChI is InChI=1S/C61H94O6/c1-4-7-10-13-16-19-22-24-26-28-30-32-34-36-39-42-45-48-51-54-60(63)66-57-58(56-65-59(62)53-50-47-44-41-38-21-18-15-12-9-6-3)67-61(64)55-52-49-46-43-40-37-35-33-31-29-27-25-23-20-17-14-11-8-5-2/h7-8,10-11,15-20,24-27,30-33,36-37,39-40,45,48,58H,4-6,9,12-14,21-23,28-29,34-35,38,41-44,46-47,49-57H2,1-3H3/b10-7-,11-8-,18-15-,19-16-,20-17-,26-24-,27-25-,32-30-,33-31-,39-36-,40-37-,48-45-/t58-/m1/s1. The fourth-order valence-electron chi connectivity index (χ4n) is 6.41. The number of rotatable bonds is 45. The van der Waals surface area contributed by atoms with Gasteiger partial charge in [-0.25, -0.2) is 0 Å². The van der Waals surface area contributed by atoms with Crippen LogP contribution in [0.3, 0.4) is 0 Å². The molecule has 0 aliphatic rings. The van der Waals surface area contributed by atoms with Crippen molar-refractivity contribution in [3.8, 4) is 0 Å². The molecule has 0 aromatic rings. The Labute approximate surface area is 410 Å². The fraction of sp³-hybridized carbons (Fsp3) is 0.557. The number of carbonyl (C=O) groups is 3. The largest absolute Gasteiger partial charge is 0.462 e. The van der Waals surface area contributed by atoms with Gasteiger partial charge in [-0.3, -0.25) is 14.4 Å². The van der Waals surface area contributed by atoms with Crippen LogP contribution >= 0.6 is 0 Å². The zero-order valence-corrected chi connectivity index (χ0v) is 42.6. The lowest BCUT2D eigenvalue weighted by molar-refractivity contribution is -0.166. The highest BCUT2D eigenvalue weighted by Gasteiger charge is 2.19. The summed E-state index contributed by atoms with van der Waals surface area (Å²) in [5.41, 5.74) is 0. The molecule has 0 fully saturated rings. The molecule has 0 aromatic carbocycles. The molecule has 6 heteroatoms. The lowest BCUT2D eigenvalue weighted by Gasteiger charge is -2.18. The lowest BCUT2D eigenvalue weighted by Crippen LogP contribution is -2.30. The van der Waals surface area contributed by atoms with Crippen LogP contribution in [0.5, 0.6) is 0 Å². The van der Waals surface area contributed by atoms with Gasteiger partial charge < -0.3 is 14.2 Å². The number of hydrogen-bond donors (Lipinski definition) is 0. The van der Waals surface area contributed by atoms with E-state index in [4.69, 9.17) is 14.2 Å². The summed E-state index contributed by atoms with van der Waals surface area (Å²) in [7, 11) is 0. The summed E-state index contributed by atoms with van der Waals surface area (Å²) in [5.74, 6) is -1.07.